The first-order chi connectivity index (χ1) is 14.2. The standard InChI is InChI=1S/C22H23N3O2S2/c26-21(6-3-10-23-22(27)17-8-12-28-15-17)24-18-4-1-2-5-19(18)25-11-7-20-16(14-25)9-13-29-20/h1-2,4-5,8-9,12-13,15H,3,6-7,10-11,14H2,(H,23,27)(H,24,26). The lowest BCUT2D eigenvalue weighted by Crippen LogP contribution is -2.30. The molecule has 4 rings (SSSR count). The molecule has 29 heavy (non-hydrogen) atoms. The van der Waals surface area contributed by atoms with Gasteiger partial charge in [-0.3, -0.25) is 9.59 Å². The van der Waals surface area contributed by atoms with Crippen molar-refractivity contribution in [3.8, 4) is 0 Å². The van der Waals surface area contributed by atoms with Crippen LogP contribution >= 0.6 is 22.7 Å². The summed E-state index contributed by atoms with van der Waals surface area (Å²) in [5.74, 6) is -0.120. The topological polar surface area (TPSA) is 61.4 Å². The number of carbonyl (C=O) groups is 2. The lowest BCUT2D eigenvalue weighted by Gasteiger charge is -2.30. The van der Waals surface area contributed by atoms with Crippen LogP contribution in [0.5, 0.6) is 0 Å². The first-order valence-corrected chi connectivity index (χ1v) is 11.5. The average Bonchev–Trinajstić information content (AvgIpc) is 3.43. The zero-order valence-electron chi connectivity index (χ0n) is 16.0. The Morgan fingerprint density at radius 1 is 1.10 bits per heavy atom. The van der Waals surface area contributed by atoms with Crippen molar-refractivity contribution in [3.63, 3.8) is 0 Å². The van der Waals surface area contributed by atoms with E-state index in [2.05, 4.69) is 33.0 Å². The molecule has 7 heteroatoms. The van der Waals surface area contributed by atoms with Gasteiger partial charge in [0.1, 0.15) is 0 Å². The van der Waals surface area contributed by atoms with Gasteiger partial charge in [0.05, 0.1) is 11.4 Å². The Labute approximate surface area is 178 Å². The number of benzene rings is 1. The fraction of sp³-hybridized carbons (Fsp3) is 0.273. The SMILES string of the molecule is O=C(CCCNC(=O)c1ccsc1)Nc1ccccc1N1CCc2sccc2C1. The number of amides is 2. The van der Waals surface area contributed by atoms with Crippen LogP contribution < -0.4 is 15.5 Å². The molecule has 0 bridgehead atoms. The molecule has 2 amide bonds. The zero-order chi connectivity index (χ0) is 20.1. The summed E-state index contributed by atoms with van der Waals surface area (Å²) in [7, 11) is 0. The third-order valence-electron chi connectivity index (χ3n) is 4.98. The molecule has 0 fully saturated rings. The summed E-state index contributed by atoms with van der Waals surface area (Å²) in [6.45, 7) is 2.31. The second-order valence-electron chi connectivity index (χ2n) is 6.98. The number of hydrogen-bond donors (Lipinski definition) is 2. The summed E-state index contributed by atoms with van der Waals surface area (Å²) >= 11 is 3.32. The van der Waals surface area contributed by atoms with E-state index in [-0.39, 0.29) is 11.8 Å². The molecule has 0 spiro atoms. The van der Waals surface area contributed by atoms with Crippen LogP contribution in [-0.4, -0.2) is 24.9 Å². The van der Waals surface area contributed by atoms with Crippen molar-refractivity contribution < 1.29 is 9.59 Å². The van der Waals surface area contributed by atoms with Crippen LogP contribution in [0.15, 0.2) is 52.5 Å². The predicted molar refractivity (Wildman–Crippen MR) is 120 cm³/mol. The van der Waals surface area contributed by atoms with E-state index < -0.39 is 0 Å². The molecule has 0 saturated heterocycles. The highest BCUT2D eigenvalue weighted by molar-refractivity contribution is 7.10. The molecule has 5 nitrogen and oxygen atoms in total. The van der Waals surface area contributed by atoms with Crippen LogP contribution in [0.3, 0.4) is 0 Å². The Morgan fingerprint density at radius 2 is 2.00 bits per heavy atom. The summed E-state index contributed by atoms with van der Waals surface area (Å²) in [4.78, 5) is 28.1. The van der Waals surface area contributed by atoms with E-state index >= 15 is 0 Å². The molecule has 1 aliphatic heterocycles. The Morgan fingerprint density at radius 3 is 2.86 bits per heavy atom. The zero-order valence-corrected chi connectivity index (χ0v) is 17.7. The van der Waals surface area contributed by atoms with E-state index in [0.717, 1.165) is 30.9 Å². The number of nitrogens with zero attached hydrogens (tertiary/aromatic N) is 1. The third kappa shape index (κ3) is 4.86. The maximum atomic E-state index is 12.4. The molecule has 3 heterocycles. The van der Waals surface area contributed by atoms with Gasteiger partial charge < -0.3 is 15.5 Å². The Bertz CT molecular complexity index is 982. The number of para-hydroxylation sites is 2. The van der Waals surface area contributed by atoms with Crippen LogP contribution in [0, 0.1) is 0 Å². The van der Waals surface area contributed by atoms with Crippen LogP contribution in [0.1, 0.15) is 33.6 Å². The van der Waals surface area contributed by atoms with Crippen LogP contribution in [0.25, 0.3) is 0 Å². The normalized spacial score (nSPS) is 13.0. The van der Waals surface area contributed by atoms with Crippen molar-refractivity contribution >= 4 is 45.9 Å². The van der Waals surface area contributed by atoms with Crippen molar-refractivity contribution in [1.29, 1.82) is 0 Å². The van der Waals surface area contributed by atoms with Crippen molar-refractivity contribution in [1.82, 2.24) is 5.32 Å². The quantitative estimate of drug-likeness (QED) is 0.547. The molecule has 3 aromatic rings. The lowest BCUT2D eigenvalue weighted by molar-refractivity contribution is -0.116. The highest BCUT2D eigenvalue weighted by Gasteiger charge is 2.20. The highest BCUT2D eigenvalue weighted by atomic mass is 32.1. The number of nitrogens with one attached hydrogen (secondary N) is 2. The van der Waals surface area contributed by atoms with E-state index in [1.165, 1.54) is 21.8 Å². The van der Waals surface area contributed by atoms with Gasteiger partial charge in [0.15, 0.2) is 0 Å². The average molecular weight is 426 g/mol. The van der Waals surface area contributed by atoms with Crippen molar-refractivity contribution in [2.45, 2.75) is 25.8 Å². The van der Waals surface area contributed by atoms with E-state index in [4.69, 9.17) is 0 Å². The number of thiophene rings is 2. The Balaban J connectivity index is 1.29. The fourth-order valence-corrected chi connectivity index (χ4v) is 4.99. The first kappa shape index (κ1) is 19.7. The number of rotatable bonds is 7. The summed E-state index contributed by atoms with van der Waals surface area (Å²) in [6, 6.07) is 12.0. The molecule has 0 unspecified atom stereocenters. The molecule has 2 aromatic heterocycles. The monoisotopic (exact) mass is 425 g/mol. The number of hydrogen-bond acceptors (Lipinski definition) is 5. The van der Waals surface area contributed by atoms with Gasteiger partial charge in [0, 0.05) is 41.9 Å². The molecular weight excluding hydrogens is 402 g/mol. The van der Waals surface area contributed by atoms with Gasteiger partial charge >= 0.3 is 0 Å². The Hall–Kier alpha value is -2.64. The minimum Gasteiger partial charge on any atom is -0.365 e. The maximum Gasteiger partial charge on any atom is 0.252 e. The van der Waals surface area contributed by atoms with Crippen molar-refractivity contribution in [3.05, 3.63) is 68.5 Å². The van der Waals surface area contributed by atoms with Gasteiger partial charge in [-0.05, 0) is 53.4 Å². The van der Waals surface area contributed by atoms with Crippen LogP contribution in [0.2, 0.25) is 0 Å². The number of anilines is 2. The predicted octanol–water partition coefficient (Wildman–Crippen LogP) is 4.52. The summed E-state index contributed by atoms with van der Waals surface area (Å²) < 4.78 is 0. The smallest absolute Gasteiger partial charge is 0.252 e. The molecule has 1 aromatic carbocycles. The summed E-state index contributed by atoms with van der Waals surface area (Å²) in [5, 5.41) is 11.8. The van der Waals surface area contributed by atoms with E-state index in [1.54, 1.807) is 6.07 Å². The number of fused-ring (bicyclic) bond motifs is 1. The Kier molecular flexibility index (Phi) is 6.27. The highest BCUT2D eigenvalue weighted by Crippen LogP contribution is 2.32. The lowest BCUT2D eigenvalue weighted by atomic mass is 10.1. The minimum atomic E-state index is -0.0881. The summed E-state index contributed by atoms with van der Waals surface area (Å²) in [6.07, 6.45) is 2.01. The molecule has 1 aliphatic rings. The minimum absolute atomic E-state index is 0.0320. The van der Waals surface area contributed by atoms with E-state index in [1.807, 2.05) is 40.3 Å². The van der Waals surface area contributed by atoms with Crippen molar-refractivity contribution in [2.24, 2.45) is 0 Å². The second kappa shape index (κ2) is 9.24. The van der Waals surface area contributed by atoms with Gasteiger partial charge in [-0.25, -0.2) is 0 Å². The van der Waals surface area contributed by atoms with Gasteiger partial charge in [-0.2, -0.15) is 11.3 Å². The largest absolute Gasteiger partial charge is 0.365 e. The molecule has 0 radical (unpaired) electrons. The molecule has 0 aliphatic carbocycles. The van der Waals surface area contributed by atoms with E-state index in [0.29, 0.717) is 24.9 Å². The first-order valence-electron chi connectivity index (χ1n) is 9.70. The fourth-order valence-electron chi connectivity index (χ4n) is 3.47. The molecule has 2 N–H and O–H groups in total. The third-order valence-corrected chi connectivity index (χ3v) is 6.68. The summed E-state index contributed by atoms with van der Waals surface area (Å²) in [5.41, 5.74) is 3.95. The molecule has 0 atom stereocenters. The molecule has 0 saturated carbocycles. The number of carbonyl (C=O) groups excluding carboxylic acids is 2. The van der Waals surface area contributed by atoms with Gasteiger partial charge in [0.25, 0.3) is 5.91 Å². The molecular formula is C22H23N3O2S2. The van der Waals surface area contributed by atoms with Crippen molar-refractivity contribution in [2.75, 3.05) is 23.3 Å². The van der Waals surface area contributed by atoms with Crippen LogP contribution in [0.4, 0.5) is 11.4 Å². The van der Waals surface area contributed by atoms with Gasteiger partial charge in [-0.15, -0.1) is 11.3 Å². The second-order valence-corrected chi connectivity index (χ2v) is 8.76. The van der Waals surface area contributed by atoms with E-state index in [9.17, 15) is 9.59 Å². The molecule has 150 valence electrons. The maximum absolute atomic E-state index is 12.4. The van der Waals surface area contributed by atoms with Gasteiger partial charge in [-0.1, -0.05) is 12.1 Å². The van der Waals surface area contributed by atoms with Gasteiger partial charge in [0.2, 0.25) is 5.91 Å². The van der Waals surface area contributed by atoms with Crippen LogP contribution in [-0.2, 0) is 17.8 Å².